The molecule has 0 aliphatic heterocycles. The van der Waals surface area contributed by atoms with E-state index in [1.165, 1.54) is 0 Å². The Morgan fingerprint density at radius 3 is 2.57 bits per heavy atom. The summed E-state index contributed by atoms with van der Waals surface area (Å²) in [6.07, 6.45) is 2.67. The molecule has 0 saturated heterocycles. The number of benzene rings is 1. The minimum atomic E-state index is 0.437. The summed E-state index contributed by atoms with van der Waals surface area (Å²) in [6.45, 7) is 5.42. The summed E-state index contributed by atoms with van der Waals surface area (Å²) in [4.78, 5) is 8.64. The second-order valence-electron chi connectivity index (χ2n) is 6.85. The number of aromatic nitrogens is 3. The van der Waals surface area contributed by atoms with Gasteiger partial charge in [0.15, 0.2) is 11.7 Å². The highest BCUT2D eigenvalue weighted by atomic mass is 35.5. The number of rotatable bonds is 9. The maximum Gasteiger partial charge on any atom is 0.228 e. The van der Waals surface area contributed by atoms with Gasteiger partial charge in [0.2, 0.25) is 11.7 Å². The Morgan fingerprint density at radius 1 is 1.10 bits per heavy atom. The van der Waals surface area contributed by atoms with Crippen molar-refractivity contribution in [2.45, 2.75) is 45.6 Å². The smallest absolute Gasteiger partial charge is 0.228 e. The highest BCUT2D eigenvalue weighted by Crippen LogP contribution is 2.22. The molecule has 0 unspecified atom stereocenters. The Kier molecular flexibility index (Phi) is 7.84. The van der Waals surface area contributed by atoms with Crippen LogP contribution in [0.25, 0.3) is 11.4 Å². The van der Waals surface area contributed by atoms with Crippen LogP contribution in [0.1, 0.15) is 50.0 Å². The van der Waals surface area contributed by atoms with E-state index in [9.17, 15) is 0 Å². The summed E-state index contributed by atoms with van der Waals surface area (Å²) < 4.78 is 10.8. The van der Waals surface area contributed by atoms with Crippen LogP contribution >= 0.6 is 11.6 Å². The Bertz CT molecular complexity index is 947. The van der Waals surface area contributed by atoms with Crippen molar-refractivity contribution in [1.82, 2.24) is 25.9 Å². The van der Waals surface area contributed by atoms with E-state index in [1.807, 2.05) is 18.2 Å². The van der Waals surface area contributed by atoms with Gasteiger partial charge in [-0.15, -0.1) is 0 Å². The standard InChI is InChI=1S/C21H27ClN6O2/c1-4-14(5-2)18-12-17(29-27-18)13-25-21(23-3)24-11-10-19-26-20(28-30-19)15-6-8-16(22)9-7-15/h6-9,12,14H,4-5,10-11,13H2,1-3H3,(H2,23,24,25). The fraction of sp³-hybridized carbons (Fsp3) is 0.429. The summed E-state index contributed by atoms with van der Waals surface area (Å²) >= 11 is 5.91. The molecule has 0 radical (unpaired) electrons. The van der Waals surface area contributed by atoms with Crippen LogP contribution in [0.15, 0.2) is 44.4 Å². The number of nitrogens with zero attached hydrogens (tertiary/aromatic N) is 4. The van der Waals surface area contributed by atoms with Crippen molar-refractivity contribution in [3.63, 3.8) is 0 Å². The summed E-state index contributed by atoms with van der Waals surface area (Å²) in [6, 6.07) is 9.32. The molecule has 2 N–H and O–H groups in total. The predicted octanol–water partition coefficient (Wildman–Crippen LogP) is 4.19. The number of hydrogen-bond acceptors (Lipinski definition) is 6. The van der Waals surface area contributed by atoms with Crippen molar-refractivity contribution in [3.8, 4) is 11.4 Å². The molecular formula is C21H27ClN6O2. The first-order chi connectivity index (χ1) is 14.6. The van der Waals surface area contributed by atoms with Crippen LogP contribution < -0.4 is 10.6 Å². The molecule has 1 aromatic carbocycles. The lowest BCUT2D eigenvalue weighted by Gasteiger charge is -2.09. The van der Waals surface area contributed by atoms with Crippen LogP contribution in [0.3, 0.4) is 0 Å². The van der Waals surface area contributed by atoms with Gasteiger partial charge in [-0.1, -0.05) is 35.8 Å². The SMILES string of the molecule is CCC(CC)c1cc(CNC(=NC)NCCc2nc(-c3ccc(Cl)cc3)no2)on1. The van der Waals surface area contributed by atoms with Crippen LogP contribution in [-0.4, -0.2) is 34.8 Å². The molecule has 3 rings (SSSR count). The summed E-state index contributed by atoms with van der Waals surface area (Å²) in [5.41, 5.74) is 1.87. The van der Waals surface area contributed by atoms with Gasteiger partial charge in [0.25, 0.3) is 0 Å². The van der Waals surface area contributed by atoms with Crippen LogP contribution in [0.2, 0.25) is 5.02 Å². The zero-order valence-corrected chi connectivity index (χ0v) is 18.2. The van der Waals surface area contributed by atoms with Gasteiger partial charge >= 0.3 is 0 Å². The van der Waals surface area contributed by atoms with Gasteiger partial charge in [0.1, 0.15) is 0 Å². The molecule has 0 spiro atoms. The molecule has 0 saturated carbocycles. The van der Waals surface area contributed by atoms with Gasteiger partial charge in [-0.05, 0) is 37.1 Å². The number of halogens is 1. The molecule has 0 fully saturated rings. The zero-order chi connectivity index (χ0) is 21.3. The molecule has 30 heavy (non-hydrogen) atoms. The molecule has 8 nitrogen and oxygen atoms in total. The largest absolute Gasteiger partial charge is 0.359 e. The van der Waals surface area contributed by atoms with Gasteiger partial charge in [0.05, 0.1) is 12.2 Å². The number of aliphatic imine (C=N–C) groups is 1. The molecule has 0 atom stereocenters. The summed E-state index contributed by atoms with van der Waals surface area (Å²) in [7, 11) is 1.72. The molecule has 9 heteroatoms. The maximum atomic E-state index is 5.91. The quantitative estimate of drug-likeness (QED) is 0.387. The van der Waals surface area contributed by atoms with E-state index in [2.05, 4.69) is 44.8 Å². The minimum Gasteiger partial charge on any atom is -0.359 e. The fourth-order valence-corrected chi connectivity index (χ4v) is 3.19. The van der Waals surface area contributed by atoms with Crippen LogP contribution in [0.4, 0.5) is 0 Å². The van der Waals surface area contributed by atoms with E-state index in [1.54, 1.807) is 19.2 Å². The molecule has 2 aromatic heterocycles. The molecule has 2 heterocycles. The first-order valence-electron chi connectivity index (χ1n) is 10.1. The first kappa shape index (κ1) is 21.8. The Morgan fingerprint density at radius 2 is 1.87 bits per heavy atom. The van der Waals surface area contributed by atoms with E-state index in [4.69, 9.17) is 20.6 Å². The van der Waals surface area contributed by atoms with E-state index in [0.29, 0.717) is 48.1 Å². The number of hydrogen-bond donors (Lipinski definition) is 2. The van der Waals surface area contributed by atoms with Crippen LogP contribution in [0.5, 0.6) is 0 Å². The first-order valence-corrected chi connectivity index (χ1v) is 10.5. The van der Waals surface area contributed by atoms with Gasteiger partial charge in [-0.3, -0.25) is 4.99 Å². The molecule has 0 bridgehead atoms. The van der Waals surface area contributed by atoms with Crippen molar-refractivity contribution < 1.29 is 9.05 Å². The number of nitrogens with one attached hydrogen (secondary N) is 2. The van der Waals surface area contributed by atoms with Crippen LogP contribution in [0, 0.1) is 0 Å². The lowest BCUT2D eigenvalue weighted by atomic mass is 9.99. The number of guanidine groups is 1. The zero-order valence-electron chi connectivity index (χ0n) is 17.5. The van der Waals surface area contributed by atoms with Crippen molar-refractivity contribution in [2.75, 3.05) is 13.6 Å². The summed E-state index contributed by atoms with van der Waals surface area (Å²) in [5, 5.41) is 15.3. The second kappa shape index (κ2) is 10.8. The molecule has 160 valence electrons. The normalized spacial score (nSPS) is 11.8. The highest BCUT2D eigenvalue weighted by Gasteiger charge is 2.13. The van der Waals surface area contributed by atoms with Crippen molar-refractivity contribution in [1.29, 1.82) is 0 Å². The lowest BCUT2D eigenvalue weighted by molar-refractivity contribution is 0.367. The average Bonchev–Trinajstić information content (AvgIpc) is 3.42. The van der Waals surface area contributed by atoms with Crippen molar-refractivity contribution in [2.24, 2.45) is 4.99 Å². The third-order valence-corrected chi connectivity index (χ3v) is 5.09. The maximum absolute atomic E-state index is 5.91. The van der Waals surface area contributed by atoms with E-state index in [-0.39, 0.29) is 0 Å². The van der Waals surface area contributed by atoms with Gasteiger partial charge in [-0.25, -0.2) is 0 Å². The van der Waals surface area contributed by atoms with Crippen molar-refractivity contribution in [3.05, 3.63) is 52.7 Å². The Balaban J connectivity index is 1.45. The van der Waals surface area contributed by atoms with E-state index < -0.39 is 0 Å². The highest BCUT2D eigenvalue weighted by molar-refractivity contribution is 6.30. The van der Waals surface area contributed by atoms with E-state index in [0.717, 1.165) is 29.9 Å². The molecule has 0 amide bonds. The predicted molar refractivity (Wildman–Crippen MR) is 116 cm³/mol. The molecule has 3 aromatic rings. The fourth-order valence-electron chi connectivity index (χ4n) is 3.06. The molecule has 0 aliphatic carbocycles. The minimum absolute atomic E-state index is 0.437. The molecular weight excluding hydrogens is 404 g/mol. The lowest BCUT2D eigenvalue weighted by Crippen LogP contribution is -2.37. The second-order valence-corrected chi connectivity index (χ2v) is 7.29. The Hall–Kier alpha value is -2.87. The van der Waals surface area contributed by atoms with Gasteiger partial charge < -0.3 is 19.7 Å². The average molecular weight is 431 g/mol. The monoisotopic (exact) mass is 430 g/mol. The third kappa shape index (κ3) is 5.82. The third-order valence-electron chi connectivity index (χ3n) is 4.84. The van der Waals surface area contributed by atoms with Crippen LogP contribution in [-0.2, 0) is 13.0 Å². The van der Waals surface area contributed by atoms with Gasteiger partial charge in [-0.2, -0.15) is 4.98 Å². The van der Waals surface area contributed by atoms with Crippen molar-refractivity contribution >= 4 is 17.6 Å². The molecule has 0 aliphatic rings. The van der Waals surface area contributed by atoms with E-state index >= 15 is 0 Å². The van der Waals surface area contributed by atoms with Gasteiger partial charge in [0, 0.05) is 42.6 Å². The topological polar surface area (TPSA) is 101 Å². The summed E-state index contributed by atoms with van der Waals surface area (Å²) in [5.74, 6) is 2.97. The Labute approximate surface area is 181 Å².